The Hall–Kier alpha value is -4.15. The molecule has 1 aromatic heterocycles. The predicted octanol–water partition coefficient (Wildman–Crippen LogP) is 9.19. The summed E-state index contributed by atoms with van der Waals surface area (Å²) in [6.45, 7) is 4.00. The van der Waals surface area contributed by atoms with Gasteiger partial charge in [0.05, 0.1) is 32.2 Å². The molecule has 4 nitrogen and oxygen atoms in total. The van der Waals surface area contributed by atoms with Gasteiger partial charge >= 0.3 is 0 Å². The van der Waals surface area contributed by atoms with Gasteiger partial charge in [0.25, 0.3) is 5.69 Å². The van der Waals surface area contributed by atoms with Crippen LogP contribution >= 0.6 is 11.6 Å². The van der Waals surface area contributed by atoms with Crippen molar-refractivity contribution in [1.29, 1.82) is 0 Å². The first kappa shape index (κ1) is 22.6. The number of benzene rings is 5. The van der Waals surface area contributed by atoms with Crippen molar-refractivity contribution in [2.24, 2.45) is 0 Å². The van der Waals surface area contributed by atoms with Gasteiger partial charge in [-0.15, -0.1) is 0 Å². The number of aromatic nitrogens is 1. The summed E-state index contributed by atoms with van der Waals surface area (Å²) in [7, 11) is 0. The number of nitro groups is 1. The highest BCUT2D eigenvalue weighted by Gasteiger charge is 2.18. The van der Waals surface area contributed by atoms with Gasteiger partial charge in [0, 0.05) is 22.2 Å². The summed E-state index contributed by atoms with van der Waals surface area (Å²) in [6, 6.07) is 33.2. The number of nitro benzene ring substituents is 1. The highest BCUT2D eigenvalue weighted by Crippen LogP contribution is 2.39. The molecule has 5 heteroatoms. The van der Waals surface area contributed by atoms with E-state index >= 15 is 0 Å². The van der Waals surface area contributed by atoms with Crippen LogP contribution in [0.5, 0.6) is 0 Å². The fourth-order valence-corrected chi connectivity index (χ4v) is 4.99. The van der Waals surface area contributed by atoms with Gasteiger partial charge < -0.3 is 4.57 Å². The molecule has 0 bridgehead atoms. The SMILES string of the molecule is CC.O=[N+]([O-])c1ccccc1-c1ccc2c(c1)c1ccccc1n2-c1ccc2ccccc2c1Cl. The van der Waals surface area contributed by atoms with E-state index in [1.165, 1.54) is 6.07 Å². The molecule has 0 fully saturated rings. The van der Waals surface area contributed by atoms with Crippen molar-refractivity contribution in [3.05, 3.63) is 118 Å². The van der Waals surface area contributed by atoms with Gasteiger partial charge in [-0.05, 0) is 41.3 Å². The van der Waals surface area contributed by atoms with Crippen LogP contribution in [0.4, 0.5) is 5.69 Å². The van der Waals surface area contributed by atoms with Gasteiger partial charge in [-0.1, -0.05) is 92.2 Å². The van der Waals surface area contributed by atoms with E-state index < -0.39 is 0 Å². The summed E-state index contributed by atoms with van der Waals surface area (Å²) < 4.78 is 2.17. The molecule has 35 heavy (non-hydrogen) atoms. The Morgan fingerprint density at radius 3 is 2.17 bits per heavy atom. The molecule has 0 unspecified atom stereocenters. The van der Waals surface area contributed by atoms with Crippen molar-refractivity contribution in [3.8, 4) is 16.8 Å². The van der Waals surface area contributed by atoms with Gasteiger partial charge in [0.1, 0.15) is 0 Å². The number of hydrogen-bond donors (Lipinski definition) is 0. The van der Waals surface area contributed by atoms with Crippen LogP contribution in [0.2, 0.25) is 5.02 Å². The molecule has 0 aliphatic rings. The Morgan fingerprint density at radius 2 is 1.37 bits per heavy atom. The Morgan fingerprint density at radius 1 is 0.714 bits per heavy atom. The van der Waals surface area contributed by atoms with Crippen molar-refractivity contribution >= 4 is 49.9 Å². The minimum absolute atomic E-state index is 0.0955. The molecule has 6 aromatic rings. The lowest BCUT2D eigenvalue weighted by molar-refractivity contribution is -0.384. The quantitative estimate of drug-likeness (QED) is 0.188. The largest absolute Gasteiger partial charge is 0.308 e. The highest BCUT2D eigenvalue weighted by atomic mass is 35.5. The van der Waals surface area contributed by atoms with Gasteiger partial charge in [-0.25, -0.2) is 0 Å². The normalized spacial score (nSPS) is 10.9. The maximum absolute atomic E-state index is 11.6. The van der Waals surface area contributed by atoms with Crippen LogP contribution in [0.15, 0.2) is 103 Å². The molecule has 0 radical (unpaired) electrons. The summed E-state index contributed by atoms with van der Waals surface area (Å²) in [5.41, 5.74) is 4.44. The fraction of sp³-hybridized carbons (Fsp3) is 0.0667. The van der Waals surface area contributed by atoms with Crippen LogP contribution < -0.4 is 0 Å². The maximum Gasteiger partial charge on any atom is 0.277 e. The lowest BCUT2D eigenvalue weighted by Gasteiger charge is -2.12. The Bertz CT molecular complexity index is 1720. The second kappa shape index (κ2) is 9.24. The van der Waals surface area contributed by atoms with Crippen molar-refractivity contribution in [3.63, 3.8) is 0 Å². The zero-order chi connectivity index (χ0) is 24.5. The van der Waals surface area contributed by atoms with Gasteiger partial charge in [-0.2, -0.15) is 0 Å². The molecule has 0 N–H and O–H groups in total. The highest BCUT2D eigenvalue weighted by molar-refractivity contribution is 6.37. The lowest BCUT2D eigenvalue weighted by atomic mass is 10.0. The van der Waals surface area contributed by atoms with Crippen LogP contribution in [0.25, 0.3) is 49.4 Å². The Kier molecular flexibility index (Phi) is 5.98. The molecule has 0 aliphatic heterocycles. The first-order valence-electron chi connectivity index (χ1n) is 11.6. The van der Waals surface area contributed by atoms with E-state index in [0.29, 0.717) is 10.6 Å². The van der Waals surface area contributed by atoms with E-state index in [9.17, 15) is 10.1 Å². The van der Waals surface area contributed by atoms with E-state index in [1.807, 2.05) is 74.5 Å². The summed E-state index contributed by atoms with van der Waals surface area (Å²) in [6.07, 6.45) is 0. The molecule has 0 saturated heterocycles. The molecular formula is C30H23ClN2O2. The average Bonchev–Trinajstić information content (AvgIpc) is 3.24. The van der Waals surface area contributed by atoms with Crippen molar-refractivity contribution in [1.82, 2.24) is 4.57 Å². The monoisotopic (exact) mass is 478 g/mol. The summed E-state index contributed by atoms with van der Waals surface area (Å²) >= 11 is 6.92. The third-order valence-electron chi connectivity index (χ3n) is 6.17. The summed E-state index contributed by atoms with van der Waals surface area (Å²) in [4.78, 5) is 11.3. The van der Waals surface area contributed by atoms with Gasteiger partial charge in [-0.3, -0.25) is 10.1 Å². The van der Waals surface area contributed by atoms with Crippen LogP contribution in [0.1, 0.15) is 13.8 Å². The van der Waals surface area contributed by atoms with Crippen molar-refractivity contribution < 1.29 is 4.92 Å². The zero-order valence-corrected chi connectivity index (χ0v) is 20.2. The molecule has 0 spiro atoms. The number of halogens is 1. The van der Waals surface area contributed by atoms with E-state index in [2.05, 4.69) is 28.8 Å². The number of rotatable bonds is 3. The average molecular weight is 479 g/mol. The Labute approximate surface area is 208 Å². The second-order valence-electron chi connectivity index (χ2n) is 7.98. The molecule has 6 rings (SSSR count). The molecular weight excluding hydrogens is 456 g/mol. The Balaban J connectivity index is 0.00000124. The van der Waals surface area contributed by atoms with Crippen molar-refractivity contribution in [2.75, 3.05) is 0 Å². The summed E-state index contributed by atoms with van der Waals surface area (Å²) in [5, 5.41) is 16.5. The fourth-order valence-electron chi connectivity index (χ4n) is 4.67. The number of fused-ring (bicyclic) bond motifs is 4. The maximum atomic E-state index is 11.6. The molecule has 1 heterocycles. The molecule has 0 amide bonds. The van der Waals surface area contributed by atoms with Gasteiger partial charge in [0.15, 0.2) is 0 Å². The molecule has 0 atom stereocenters. The van der Waals surface area contributed by atoms with E-state index in [4.69, 9.17) is 11.6 Å². The van der Waals surface area contributed by atoms with Crippen LogP contribution in [0.3, 0.4) is 0 Å². The minimum atomic E-state index is -0.336. The topological polar surface area (TPSA) is 48.1 Å². The molecule has 5 aromatic carbocycles. The number of para-hydroxylation sites is 2. The van der Waals surface area contributed by atoms with Gasteiger partial charge in [0.2, 0.25) is 0 Å². The molecule has 0 aliphatic carbocycles. The van der Waals surface area contributed by atoms with E-state index in [0.717, 1.165) is 43.8 Å². The first-order valence-corrected chi connectivity index (χ1v) is 12.0. The van der Waals surface area contributed by atoms with Crippen LogP contribution in [0, 0.1) is 10.1 Å². The standard InChI is InChI=1S/C28H17ClN2O2.C2H6/c29-28-21-9-2-1-7-18(21)13-16-27(28)30-24-11-5-4-10-22(24)23-17-19(14-15-25(23)30)20-8-3-6-12-26(20)31(32)33;1-2/h1-17H;1-2H3. The number of hydrogen-bond acceptors (Lipinski definition) is 2. The van der Waals surface area contributed by atoms with E-state index in [1.54, 1.807) is 12.1 Å². The number of nitrogens with zero attached hydrogens (tertiary/aromatic N) is 2. The summed E-state index contributed by atoms with van der Waals surface area (Å²) in [5.74, 6) is 0. The lowest BCUT2D eigenvalue weighted by Crippen LogP contribution is -1.96. The third kappa shape index (κ3) is 3.72. The third-order valence-corrected chi connectivity index (χ3v) is 6.57. The molecule has 172 valence electrons. The second-order valence-corrected chi connectivity index (χ2v) is 8.36. The predicted molar refractivity (Wildman–Crippen MR) is 147 cm³/mol. The van der Waals surface area contributed by atoms with Crippen LogP contribution in [-0.2, 0) is 0 Å². The zero-order valence-electron chi connectivity index (χ0n) is 19.4. The minimum Gasteiger partial charge on any atom is -0.308 e. The van der Waals surface area contributed by atoms with Crippen molar-refractivity contribution in [2.45, 2.75) is 13.8 Å². The van der Waals surface area contributed by atoms with E-state index in [-0.39, 0.29) is 10.6 Å². The molecule has 0 saturated carbocycles. The smallest absolute Gasteiger partial charge is 0.277 e. The van der Waals surface area contributed by atoms with Crippen LogP contribution in [-0.4, -0.2) is 9.49 Å². The first-order chi connectivity index (χ1) is 17.1.